The number of thiophene rings is 1. The molecule has 21 heavy (non-hydrogen) atoms. The van der Waals surface area contributed by atoms with E-state index in [4.69, 9.17) is 11.6 Å². The number of aliphatic hydroxyl groups is 1. The third kappa shape index (κ3) is 4.70. The summed E-state index contributed by atoms with van der Waals surface area (Å²) in [7, 11) is 0. The molecule has 2 heterocycles. The van der Waals surface area contributed by atoms with Crippen molar-refractivity contribution in [3.63, 3.8) is 0 Å². The van der Waals surface area contributed by atoms with E-state index < -0.39 is 5.60 Å². The van der Waals surface area contributed by atoms with Crippen LogP contribution in [0.3, 0.4) is 0 Å². The van der Waals surface area contributed by atoms with Crippen molar-refractivity contribution in [1.82, 2.24) is 15.6 Å². The fraction of sp³-hybridized carbons (Fsp3) is 0.286. The highest BCUT2D eigenvalue weighted by Crippen LogP contribution is 2.24. The fourth-order valence-electron chi connectivity index (χ4n) is 1.68. The van der Waals surface area contributed by atoms with Crippen molar-refractivity contribution < 1.29 is 9.90 Å². The first-order valence-electron chi connectivity index (χ1n) is 6.36. The largest absolute Gasteiger partial charge is 0.383 e. The number of pyridine rings is 1. The van der Waals surface area contributed by atoms with Gasteiger partial charge in [0.15, 0.2) is 0 Å². The summed E-state index contributed by atoms with van der Waals surface area (Å²) >= 11 is 7.14. The first kappa shape index (κ1) is 15.8. The second-order valence-electron chi connectivity index (χ2n) is 4.78. The molecule has 2 rings (SSSR count). The molecular formula is C14H16ClN3O2S. The third-order valence-corrected chi connectivity index (χ3v) is 4.23. The highest BCUT2D eigenvalue weighted by molar-refractivity contribution is 7.10. The molecule has 7 heteroatoms. The molecule has 0 fully saturated rings. The Morgan fingerprint density at radius 3 is 2.86 bits per heavy atom. The number of aromatic nitrogens is 1. The van der Waals surface area contributed by atoms with Gasteiger partial charge in [0.2, 0.25) is 0 Å². The lowest BCUT2D eigenvalue weighted by atomic mass is 10.1. The molecular weight excluding hydrogens is 310 g/mol. The van der Waals surface area contributed by atoms with Crippen molar-refractivity contribution >= 4 is 29.0 Å². The van der Waals surface area contributed by atoms with Gasteiger partial charge in [0.25, 0.3) is 0 Å². The van der Waals surface area contributed by atoms with Crippen LogP contribution >= 0.6 is 22.9 Å². The quantitative estimate of drug-likeness (QED) is 0.739. The summed E-state index contributed by atoms with van der Waals surface area (Å²) in [6.45, 7) is 2.15. The van der Waals surface area contributed by atoms with Gasteiger partial charge in [-0.25, -0.2) is 9.78 Å². The Hall–Kier alpha value is -1.63. The zero-order chi connectivity index (χ0) is 15.3. The van der Waals surface area contributed by atoms with E-state index in [2.05, 4.69) is 15.6 Å². The van der Waals surface area contributed by atoms with E-state index in [9.17, 15) is 9.90 Å². The molecule has 0 radical (unpaired) electrons. The Balaban J connectivity index is 1.78. The minimum atomic E-state index is -1.08. The Labute approximate surface area is 132 Å². The fourth-order valence-corrected chi connectivity index (χ4v) is 2.58. The van der Waals surface area contributed by atoms with Gasteiger partial charge >= 0.3 is 6.03 Å². The predicted octanol–water partition coefficient (Wildman–Crippen LogP) is 2.50. The van der Waals surface area contributed by atoms with E-state index in [1.165, 1.54) is 11.3 Å². The number of nitrogens with zero attached hydrogens (tertiary/aromatic N) is 1. The molecule has 0 spiro atoms. The molecule has 3 N–H and O–H groups in total. The number of nitrogens with one attached hydrogen (secondary N) is 2. The Morgan fingerprint density at radius 1 is 1.43 bits per heavy atom. The van der Waals surface area contributed by atoms with Gasteiger partial charge in [0, 0.05) is 17.6 Å². The standard InChI is InChI=1S/C14H16ClN3O2S/c1-14(20,11-3-2-6-21-11)9-18-13(19)17-8-10-4-5-12(15)16-7-10/h2-7,20H,8-9H2,1H3,(H2,17,18,19). The molecule has 0 bridgehead atoms. The highest BCUT2D eigenvalue weighted by Gasteiger charge is 2.24. The summed E-state index contributed by atoms with van der Waals surface area (Å²) in [5, 5.41) is 17.9. The van der Waals surface area contributed by atoms with Gasteiger partial charge in [0.05, 0.1) is 6.54 Å². The first-order valence-corrected chi connectivity index (χ1v) is 7.61. The molecule has 2 aromatic rings. The highest BCUT2D eigenvalue weighted by atomic mass is 35.5. The molecule has 5 nitrogen and oxygen atoms in total. The van der Waals surface area contributed by atoms with E-state index in [-0.39, 0.29) is 12.6 Å². The van der Waals surface area contributed by atoms with Crippen LogP contribution in [-0.2, 0) is 12.1 Å². The van der Waals surface area contributed by atoms with Crippen LogP contribution in [0.1, 0.15) is 17.4 Å². The van der Waals surface area contributed by atoms with Crippen LogP contribution in [0.25, 0.3) is 0 Å². The maximum Gasteiger partial charge on any atom is 0.315 e. The minimum absolute atomic E-state index is 0.137. The molecule has 0 saturated heterocycles. The molecule has 0 aliphatic carbocycles. The summed E-state index contributed by atoms with van der Waals surface area (Å²) < 4.78 is 0. The van der Waals surface area contributed by atoms with Crippen LogP contribution in [0.5, 0.6) is 0 Å². The van der Waals surface area contributed by atoms with Gasteiger partial charge in [-0.05, 0) is 30.0 Å². The summed E-state index contributed by atoms with van der Waals surface area (Å²) in [5.74, 6) is 0. The van der Waals surface area contributed by atoms with E-state index in [1.54, 1.807) is 25.3 Å². The van der Waals surface area contributed by atoms with Gasteiger partial charge < -0.3 is 15.7 Å². The molecule has 0 aliphatic rings. The van der Waals surface area contributed by atoms with Crippen molar-refractivity contribution in [3.05, 3.63) is 51.4 Å². The number of rotatable bonds is 5. The molecule has 1 atom stereocenters. The van der Waals surface area contributed by atoms with Gasteiger partial charge in [-0.15, -0.1) is 11.3 Å². The molecule has 0 saturated carbocycles. The van der Waals surface area contributed by atoms with Crippen LogP contribution in [0.2, 0.25) is 5.15 Å². The maximum atomic E-state index is 11.7. The van der Waals surface area contributed by atoms with Crippen molar-refractivity contribution in [2.24, 2.45) is 0 Å². The topological polar surface area (TPSA) is 74.2 Å². The number of hydrogen-bond acceptors (Lipinski definition) is 4. The van der Waals surface area contributed by atoms with Crippen LogP contribution in [0, 0.1) is 0 Å². The molecule has 0 aromatic carbocycles. The number of carbonyl (C=O) groups is 1. The smallest absolute Gasteiger partial charge is 0.315 e. The lowest BCUT2D eigenvalue weighted by Gasteiger charge is -2.22. The average Bonchev–Trinajstić information content (AvgIpc) is 3.00. The normalized spacial score (nSPS) is 13.5. The van der Waals surface area contributed by atoms with E-state index >= 15 is 0 Å². The number of carbonyl (C=O) groups excluding carboxylic acids is 1. The summed E-state index contributed by atoms with van der Waals surface area (Å²) in [4.78, 5) is 16.5. The molecule has 2 amide bonds. The Kier molecular flexibility index (Phi) is 5.17. The van der Waals surface area contributed by atoms with Crippen LogP contribution in [0.15, 0.2) is 35.8 Å². The van der Waals surface area contributed by atoms with Crippen LogP contribution in [0.4, 0.5) is 4.79 Å². The lowest BCUT2D eigenvalue weighted by molar-refractivity contribution is 0.0631. The number of hydrogen-bond donors (Lipinski definition) is 3. The van der Waals surface area contributed by atoms with E-state index in [0.717, 1.165) is 10.4 Å². The Morgan fingerprint density at radius 2 is 2.24 bits per heavy atom. The predicted molar refractivity (Wildman–Crippen MR) is 83.4 cm³/mol. The zero-order valence-electron chi connectivity index (χ0n) is 11.5. The summed E-state index contributed by atoms with van der Waals surface area (Å²) in [6.07, 6.45) is 1.60. The van der Waals surface area contributed by atoms with Crippen LogP contribution < -0.4 is 10.6 Å². The number of amides is 2. The van der Waals surface area contributed by atoms with Crippen molar-refractivity contribution in [1.29, 1.82) is 0 Å². The second-order valence-corrected chi connectivity index (χ2v) is 6.11. The third-order valence-electron chi connectivity index (χ3n) is 2.89. The SMILES string of the molecule is CC(O)(CNC(=O)NCc1ccc(Cl)nc1)c1cccs1. The number of halogens is 1. The number of urea groups is 1. The van der Waals surface area contributed by atoms with Crippen molar-refractivity contribution in [3.8, 4) is 0 Å². The van der Waals surface area contributed by atoms with Gasteiger partial charge in [-0.1, -0.05) is 23.7 Å². The van der Waals surface area contributed by atoms with Gasteiger partial charge in [0.1, 0.15) is 10.8 Å². The summed E-state index contributed by atoms with van der Waals surface area (Å²) in [5.41, 5.74) is -0.229. The van der Waals surface area contributed by atoms with Gasteiger partial charge in [-0.3, -0.25) is 0 Å². The zero-order valence-corrected chi connectivity index (χ0v) is 13.0. The first-order chi connectivity index (χ1) is 9.97. The van der Waals surface area contributed by atoms with Crippen molar-refractivity contribution in [2.45, 2.75) is 19.1 Å². The second kappa shape index (κ2) is 6.89. The van der Waals surface area contributed by atoms with E-state index in [0.29, 0.717) is 11.7 Å². The molecule has 1 unspecified atom stereocenters. The molecule has 2 aromatic heterocycles. The monoisotopic (exact) mass is 325 g/mol. The van der Waals surface area contributed by atoms with Crippen LogP contribution in [-0.4, -0.2) is 22.7 Å². The lowest BCUT2D eigenvalue weighted by Crippen LogP contribution is -2.42. The van der Waals surface area contributed by atoms with E-state index in [1.807, 2.05) is 17.5 Å². The minimum Gasteiger partial charge on any atom is -0.383 e. The average molecular weight is 326 g/mol. The van der Waals surface area contributed by atoms with Gasteiger partial charge in [-0.2, -0.15) is 0 Å². The maximum absolute atomic E-state index is 11.7. The Bertz CT molecular complexity index is 585. The van der Waals surface area contributed by atoms with Crippen molar-refractivity contribution in [2.75, 3.05) is 6.54 Å². The summed E-state index contributed by atoms with van der Waals surface area (Å²) in [6, 6.07) is 6.81. The molecule has 112 valence electrons. The molecule has 0 aliphatic heterocycles.